The first-order valence-corrected chi connectivity index (χ1v) is 7.59. The fourth-order valence-corrected chi connectivity index (χ4v) is 3.16. The lowest BCUT2D eigenvalue weighted by Crippen LogP contribution is -2.48. The molecule has 0 spiro atoms. The Balaban J connectivity index is 2.29. The second kappa shape index (κ2) is 6.30. The number of rotatable bonds is 4. The van der Waals surface area contributed by atoms with Crippen LogP contribution in [0.5, 0.6) is 0 Å². The number of nitrogens with zero attached hydrogens (tertiary/aromatic N) is 2. The van der Waals surface area contributed by atoms with Gasteiger partial charge in [-0.3, -0.25) is 4.79 Å². The smallest absolute Gasteiger partial charge is 0.241 e. The number of piperazine rings is 1. The molecule has 1 saturated heterocycles. The number of hydrogen-bond acceptors (Lipinski definition) is 4. The van der Waals surface area contributed by atoms with E-state index in [1.165, 1.54) is 4.90 Å². The summed E-state index contributed by atoms with van der Waals surface area (Å²) in [6.07, 6.45) is 0. The minimum atomic E-state index is 0.169. The van der Waals surface area contributed by atoms with Crippen LogP contribution in [0.3, 0.4) is 0 Å². The Morgan fingerprint density at radius 1 is 1.37 bits per heavy atom. The molecular weight excluding hydrogens is 258 g/mol. The Labute approximate surface area is 118 Å². The lowest BCUT2D eigenvalue weighted by Gasteiger charge is -2.35. The third kappa shape index (κ3) is 3.04. The number of thioether (sulfide) groups is 1. The largest absolute Gasteiger partial charge is 0.360 e. The molecule has 4 nitrogen and oxygen atoms in total. The van der Waals surface area contributed by atoms with E-state index in [0.717, 1.165) is 30.1 Å². The van der Waals surface area contributed by atoms with Crippen molar-refractivity contribution in [2.45, 2.75) is 18.4 Å². The molecule has 1 aromatic carbocycles. The standard InChI is InChI=1S/C14H21N3OS/c1-3-19-13-6-4-5-12(11(13)9-15)17-8-7-16(2)14(18)10-17/h4-6H,3,7-10,15H2,1-2H3. The molecule has 1 heterocycles. The number of amides is 1. The van der Waals surface area contributed by atoms with E-state index >= 15 is 0 Å². The highest BCUT2D eigenvalue weighted by Crippen LogP contribution is 2.31. The first kappa shape index (κ1) is 14.2. The maximum absolute atomic E-state index is 11.8. The van der Waals surface area contributed by atoms with Crippen LogP contribution in [0.1, 0.15) is 12.5 Å². The minimum absolute atomic E-state index is 0.169. The summed E-state index contributed by atoms with van der Waals surface area (Å²) in [4.78, 5) is 17.0. The van der Waals surface area contributed by atoms with E-state index in [-0.39, 0.29) is 5.91 Å². The Morgan fingerprint density at radius 3 is 2.79 bits per heavy atom. The predicted molar refractivity (Wildman–Crippen MR) is 80.6 cm³/mol. The van der Waals surface area contributed by atoms with Crippen molar-refractivity contribution in [2.75, 3.05) is 37.3 Å². The molecule has 0 unspecified atom stereocenters. The summed E-state index contributed by atoms with van der Waals surface area (Å²) >= 11 is 1.80. The van der Waals surface area contributed by atoms with Crippen molar-refractivity contribution in [3.63, 3.8) is 0 Å². The van der Waals surface area contributed by atoms with Gasteiger partial charge in [-0.2, -0.15) is 0 Å². The molecule has 0 aromatic heterocycles. The molecule has 0 bridgehead atoms. The van der Waals surface area contributed by atoms with Crippen LogP contribution in [0.4, 0.5) is 5.69 Å². The van der Waals surface area contributed by atoms with E-state index in [4.69, 9.17) is 5.73 Å². The van der Waals surface area contributed by atoms with E-state index in [1.807, 2.05) is 7.05 Å². The van der Waals surface area contributed by atoms with Crippen LogP contribution in [-0.4, -0.2) is 43.2 Å². The number of nitrogens with two attached hydrogens (primary N) is 1. The summed E-state index contributed by atoms with van der Waals surface area (Å²) in [6.45, 7) is 4.74. The van der Waals surface area contributed by atoms with E-state index in [0.29, 0.717) is 13.1 Å². The molecule has 0 atom stereocenters. The van der Waals surface area contributed by atoms with Gasteiger partial charge in [0.15, 0.2) is 0 Å². The van der Waals surface area contributed by atoms with Crippen molar-refractivity contribution >= 4 is 23.4 Å². The lowest BCUT2D eigenvalue weighted by atomic mass is 10.1. The van der Waals surface area contributed by atoms with Crippen LogP contribution in [0.25, 0.3) is 0 Å². The molecule has 2 rings (SSSR count). The van der Waals surface area contributed by atoms with Gasteiger partial charge in [0, 0.05) is 42.8 Å². The Hall–Kier alpha value is -1.20. The molecule has 1 aliphatic heterocycles. The monoisotopic (exact) mass is 279 g/mol. The quantitative estimate of drug-likeness (QED) is 0.849. The zero-order valence-corrected chi connectivity index (χ0v) is 12.4. The summed E-state index contributed by atoms with van der Waals surface area (Å²) in [5, 5.41) is 0. The highest BCUT2D eigenvalue weighted by atomic mass is 32.2. The van der Waals surface area contributed by atoms with E-state index in [9.17, 15) is 4.79 Å². The van der Waals surface area contributed by atoms with Crippen molar-refractivity contribution in [3.8, 4) is 0 Å². The second-order valence-corrected chi connectivity index (χ2v) is 5.93. The summed E-state index contributed by atoms with van der Waals surface area (Å²) in [6, 6.07) is 6.23. The topological polar surface area (TPSA) is 49.6 Å². The summed E-state index contributed by atoms with van der Waals surface area (Å²) < 4.78 is 0. The van der Waals surface area contributed by atoms with Crippen LogP contribution in [-0.2, 0) is 11.3 Å². The number of benzene rings is 1. The van der Waals surface area contributed by atoms with Crippen LogP contribution in [0.15, 0.2) is 23.1 Å². The summed E-state index contributed by atoms with van der Waals surface area (Å²) in [7, 11) is 1.85. The van der Waals surface area contributed by atoms with Crippen molar-refractivity contribution in [1.82, 2.24) is 4.90 Å². The van der Waals surface area contributed by atoms with Gasteiger partial charge >= 0.3 is 0 Å². The van der Waals surface area contributed by atoms with Crippen LogP contribution in [0, 0.1) is 0 Å². The molecule has 2 N–H and O–H groups in total. The molecular formula is C14H21N3OS. The van der Waals surface area contributed by atoms with Crippen LogP contribution in [0.2, 0.25) is 0 Å². The van der Waals surface area contributed by atoms with Gasteiger partial charge in [0.05, 0.1) is 6.54 Å². The van der Waals surface area contributed by atoms with E-state index in [2.05, 4.69) is 30.0 Å². The maximum Gasteiger partial charge on any atom is 0.241 e. The fourth-order valence-electron chi connectivity index (χ4n) is 2.31. The maximum atomic E-state index is 11.8. The Bertz CT molecular complexity index is 464. The number of likely N-dealkylation sites (N-methyl/N-ethyl adjacent to an activating group) is 1. The van der Waals surface area contributed by atoms with Crippen molar-refractivity contribution in [2.24, 2.45) is 5.73 Å². The third-order valence-electron chi connectivity index (χ3n) is 3.41. The minimum Gasteiger partial charge on any atom is -0.360 e. The molecule has 1 amide bonds. The average Bonchev–Trinajstić information content (AvgIpc) is 2.42. The number of carbonyl (C=O) groups is 1. The van der Waals surface area contributed by atoms with Crippen molar-refractivity contribution < 1.29 is 4.79 Å². The zero-order chi connectivity index (χ0) is 13.8. The molecule has 0 saturated carbocycles. The van der Waals surface area contributed by atoms with Crippen molar-refractivity contribution in [1.29, 1.82) is 0 Å². The second-order valence-electron chi connectivity index (χ2n) is 4.63. The molecule has 1 fully saturated rings. The van der Waals surface area contributed by atoms with Gasteiger partial charge in [0.25, 0.3) is 0 Å². The number of anilines is 1. The van der Waals surface area contributed by atoms with Crippen LogP contribution < -0.4 is 10.6 Å². The van der Waals surface area contributed by atoms with Crippen molar-refractivity contribution in [3.05, 3.63) is 23.8 Å². The molecule has 104 valence electrons. The molecule has 5 heteroatoms. The normalized spacial score (nSPS) is 16.1. The Morgan fingerprint density at radius 2 is 2.16 bits per heavy atom. The summed E-state index contributed by atoms with van der Waals surface area (Å²) in [5.74, 6) is 1.20. The molecule has 1 aliphatic rings. The predicted octanol–water partition coefficient (Wildman–Crippen LogP) is 1.54. The van der Waals surface area contributed by atoms with Gasteiger partial charge < -0.3 is 15.5 Å². The third-order valence-corrected chi connectivity index (χ3v) is 4.39. The Kier molecular flexibility index (Phi) is 4.71. The van der Waals surface area contributed by atoms with Gasteiger partial charge in [-0.05, 0) is 17.9 Å². The number of hydrogen-bond donors (Lipinski definition) is 1. The fraction of sp³-hybridized carbons (Fsp3) is 0.500. The van der Waals surface area contributed by atoms with Gasteiger partial charge in [0.2, 0.25) is 5.91 Å². The van der Waals surface area contributed by atoms with Gasteiger partial charge in [-0.25, -0.2) is 0 Å². The molecule has 19 heavy (non-hydrogen) atoms. The van der Waals surface area contributed by atoms with Crippen LogP contribution >= 0.6 is 11.8 Å². The number of carbonyl (C=O) groups excluding carboxylic acids is 1. The van der Waals surface area contributed by atoms with Gasteiger partial charge in [0.1, 0.15) is 0 Å². The SMILES string of the molecule is CCSc1cccc(N2CCN(C)C(=O)C2)c1CN. The van der Waals surface area contributed by atoms with E-state index < -0.39 is 0 Å². The zero-order valence-electron chi connectivity index (χ0n) is 11.6. The van der Waals surface area contributed by atoms with Gasteiger partial charge in [-0.15, -0.1) is 11.8 Å². The molecule has 0 aliphatic carbocycles. The first-order valence-electron chi connectivity index (χ1n) is 6.61. The highest BCUT2D eigenvalue weighted by molar-refractivity contribution is 7.99. The van der Waals surface area contributed by atoms with Gasteiger partial charge in [-0.1, -0.05) is 13.0 Å². The molecule has 1 aromatic rings. The highest BCUT2D eigenvalue weighted by Gasteiger charge is 2.23. The summed E-state index contributed by atoms with van der Waals surface area (Å²) in [5.41, 5.74) is 8.19. The molecule has 0 radical (unpaired) electrons. The first-order chi connectivity index (χ1) is 9.17. The lowest BCUT2D eigenvalue weighted by molar-refractivity contribution is -0.129. The average molecular weight is 279 g/mol. The van der Waals surface area contributed by atoms with E-state index in [1.54, 1.807) is 16.7 Å².